The molecule has 0 unspecified atom stereocenters. The monoisotopic (exact) mass is 347 g/mol. The summed E-state index contributed by atoms with van der Waals surface area (Å²) in [6.45, 7) is 1.06. The number of aromatic amines is 1. The number of benzene rings is 1. The summed E-state index contributed by atoms with van der Waals surface area (Å²) in [5.41, 5.74) is 2.19. The number of anilines is 1. The standard InChI is InChI=1S/C15H14ClN5OS/c16-11-4-2-1-3-10(11)13-9-23-15(20-13)18-8-7-17-14(22)12-5-6-19-21-12/h1-6,9H,7-8H2,(H,17,22)(H,18,20)(H,19,21). The number of aromatic nitrogens is 3. The van der Waals surface area contributed by atoms with Crippen LogP contribution < -0.4 is 10.6 Å². The van der Waals surface area contributed by atoms with Gasteiger partial charge in [-0.1, -0.05) is 29.8 Å². The lowest BCUT2D eigenvalue weighted by atomic mass is 10.2. The second-order valence-corrected chi connectivity index (χ2v) is 5.94. The summed E-state index contributed by atoms with van der Waals surface area (Å²) in [5, 5.41) is 15.7. The van der Waals surface area contributed by atoms with Crippen LogP contribution in [-0.2, 0) is 0 Å². The quantitative estimate of drug-likeness (QED) is 0.598. The zero-order valence-corrected chi connectivity index (χ0v) is 13.6. The molecule has 0 bridgehead atoms. The Kier molecular flexibility index (Phi) is 4.89. The highest BCUT2D eigenvalue weighted by atomic mass is 35.5. The van der Waals surface area contributed by atoms with Gasteiger partial charge in [-0.2, -0.15) is 5.10 Å². The van der Waals surface area contributed by atoms with E-state index in [1.54, 1.807) is 12.3 Å². The first-order valence-corrected chi connectivity index (χ1v) is 8.21. The van der Waals surface area contributed by atoms with E-state index in [1.807, 2.05) is 29.6 Å². The summed E-state index contributed by atoms with van der Waals surface area (Å²) in [6, 6.07) is 9.22. The van der Waals surface area contributed by atoms with Crippen molar-refractivity contribution >= 4 is 34.0 Å². The highest BCUT2D eigenvalue weighted by molar-refractivity contribution is 7.14. The molecule has 0 fully saturated rings. The van der Waals surface area contributed by atoms with Crippen molar-refractivity contribution in [3.63, 3.8) is 0 Å². The largest absolute Gasteiger partial charge is 0.360 e. The van der Waals surface area contributed by atoms with Crippen LogP contribution in [0.15, 0.2) is 41.9 Å². The first-order chi connectivity index (χ1) is 11.2. The Morgan fingerprint density at radius 2 is 2.13 bits per heavy atom. The summed E-state index contributed by atoms with van der Waals surface area (Å²) in [4.78, 5) is 16.2. The van der Waals surface area contributed by atoms with E-state index in [-0.39, 0.29) is 5.91 Å². The zero-order chi connectivity index (χ0) is 16.1. The van der Waals surface area contributed by atoms with Crippen LogP contribution >= 0.6 is 22.9 Å². The molecule has 3 rings (SSSR count). The Morgan fingerprint density at radius 1 is 1.26 bits per heavy atom. The Morgan fingerprint density at radius 3 is 2.91 bits per heavy atom. The number of thiazole rings is 1. The molecule has 3 N–H and O–H groups in total. The lowest BCUT2D eigenvalue weighted by Gasteiger charge is -2.04. The van der Waals surface area contributed by atoms with Gasteiger partial charge in [-0.25, -0.2) is 4.98 Å². The third-order valence-corrected chi connectivity index (χ3v) is 4.22. The maximum atomic E-state index is 11.7. The maximum Gasteiger partial charge on any atom is 0.269 e. The zero-order valence-electron chi connectivity index (χ0n) is 12.0. The number of nitrogens with zero attached hydrogens (tertiary/aromatic N) is 2. The van der Waals surface area contributed by atoms with Gasteiger partial charge in [-0.15, -0.1) is 11.3 Å². The number of hydrogen-bond acceptors (Lipinski definition) is 5. The second kappa shape index (κ2) is 7.26. The van der Waals surface area contributed by atoms with Gasteiger partial charge in [-0.05, 0) is 12.1 Å². The van der Waals surface area contributed by atoms with E-state index in [2.05, 4.69) is 25.8 Å². The molecule has 2 aromatic heterocycles. The molecule has 0 spiro atoms. The molecule has 3 aromatic rings. The van der Waals surface area contributed by atoms with Crippen molar-refractivity contribution in [1.82, 2.24) is 20.5 Å². The van der Waals surface area contributed by atoms with Gasteiger partial charge >= 0.3 is 0 Å². The number of carbonyl (C=O) groups is 1. The molecular weight excluding hydrogens is 334 g/mol. The molecule has 0 saturated carbocycles. The lowest BCUT2D eigenvalue weighted by molar-refractivity contribution is 0.0950. The molecule has 23 heavy (non-hydrogen) atoms. The van der Waals surface area contributed by atoms with Crippen LogP contribution in [0.2, 0.25) is 5.02 Å². The summed E-state index contributed by atoms with van der Waals surface area (Å²) in [5.74, 6) is -0.180. The number of hydrogen-bond donors (Lipinski definition) is 3. The fourth-order valence-corrected chi connectivity index (χ4v) is 2.94. The van der Waals surface area contributed by atoms with Gasteiger partial charge < -0.3 is 10.6 Å². The van der Waals surface area contributed by atoms with E-state index in [0.717, 1.165) is 16.4 Å². The van der Waals surface area contributed by atoms with Gasteiger partial charge in [0.05, 0.1) is 5.69 Å². The van der Waals surface area contributed by atoms with Gasteiger partial charge in [0, 0.05) is 35.3 Å². The molecule has 0 aliphatic rings. The summed E-state index contributed by atoms with van der Waals surface area (Å²) < 4.78 is 0. The highest BCUT2D eigenvalue weighted by Gasteiger charge is 2.08. The topological polar surface area (TPSA) is 82.7 Å². The van der Waals surface area contributed by atoms with Crippen molar-refractivity contribution in [2.24, 2.45) is 0 Å². The minimum Gasteiger partial charge on any atom is -0.360 e. The molecule has 1 aromatic carbocycles. The Labute approximate surface area is 141 Å². The van der Waals surface area contributed by atoms with Crippen molar-refractivity contribution in [2.45, 2.75) is 0 Å². The van der Waals surface area contributed by atoms with Crippen LogP contribution in [0.25, 0.3) is 11.3 Å². The fourth-order valence-electron chi connectivity index (χ4n) is 1.97. The minimum absolute atomic E-state index is 0.180. The van der Waals surface area contributed by atoms with Crippen LogP contribution in [0.5, 0.6) is 0 Å². The van der Waals surface area contributed by atoms with Crippen LogP contribution in [0.3, 0.4) is 0 Å². The van der Waals surface area contributed by atoms with Crippen LogP contribution in [0.1, 0.15) is 10.5 Å². The Balaban J connectivity index is 1.50. The van der Waals surface area contributed by atoms with Crippen LogP contribution in [-0.4, -0.2) is 34.2 Å². The summed E-state index contributed by atoms with van der Waals surface area (Å²) >= 11 is 7.67. The third-order valence-electron chi connectivity index (χ3n) is 3.09. The normalized spacial score (nSPS) is 10.5. The molecule has 8 heteroatoms. The van der Waals surface area contributed by atoms with Crippen molar-refractivity contribution in [1.29, 1.82) is 0 Å². The van der Waals surface area contributed by atoms with E-state index in [1.165, 1.54) is 11.3 Å². The molecule has 118 valence electrons. The molecule has 6 nitrogen and oxygen atoms in total. The number of carbonyl (C=O) groups excluding carboxylic acids is 1. The number of H-pyrrole nitrogens is 1. The third kappa shape index (κ3) is 3.88. The molecule has 1 amide bonds. The first kappa shape index (κ1) is 15.5. The number of rotatable bonds is 6. The lowest BCUT2D eigenvalue weighted by Crippen LogP contribution is -2.29. The van der Waals surface area contributed by atoms with Crippen LogP contribution in [0, 0.1) is 0 Å². The average molecular weight is 348 g/mol. The maximum absolute atomic E-state index is 11.7. The number of halogens is 1. The van der Waals surface area contributed by atoms with Crippen molar-refractivity contribution in [2.75, 3.05) is 18.4 Å². The van der Waals surface area contributed by atoms with E-state index >= 15 is 0 Å². The molecular formula is C15H14ClN5OS. The molecule has 2 heterocycles. The molecule has 0 radical (unpaired) electrons. The minimum atomic E-state index is -0.180. The van der Waals surface area contributed by atoms with Crippen molar-refractivity contribution in [3.8, 4) is 11.3 Å². The summed E-state index contributed by atoms with van der Waals surface area (Å²) in [7, 11) is 0. The molecule has 0 aliphatic heterocycles. The average Bonchev–Trinajstić information content (AvgIpc) is 3.23. The number of amides is 1. The fraction of sp³-hybridized carbons (Fsp3) is 0.133. The predicted molar refractivity (Wildman–Crippen MR) is 92.0 cm³/mol. The van der Waals surface area contributed by atoms with Gasteiger partial charge in [0.1, 0.15) is 5.69 Å². The molecule has 0 atom stereocenters. The first-order valence-electron chi connectivity index (χ1n) is 6.96. The van der Waals surface area contributed by atoms with Gasteiger partial charge in [0.15, 0.2) is 5.13 Å². The Bertz CT molecular complexity index is 787. The van der Waals surface area contributed by atoms with E-state index in [9.17, 15) is 4.79 Å². The van der Waals surface area contributed by atoms with Crippen LogP contribution in [0.4, 0.5) is 5.13 Å². The van der Waals surface area contributed by atoms with E-state index in [4.69, 9.17) is 11.6 Å². The second-order valence-electron chi connectivity index (χ2n) is 4.67. The summed E-state index contributed by atoms with van der Waals surface area (Å²) in [6.07, 6.45) is 1.54. The molecule has 0 saturated heterocycles. The SMILES string of the molecule is O=C(NCCNc1nc(-c2ccccc2Cl)cs1)c1ccn[nH]1. The van der Waals surface area contributed by atoms with E-state index < -0.39 is 0 Å². The van der Waals surface area contributed by atoms with Crippen molar-refractivity contribution in [3.05, 3.63) is 52.6 Å². The van der Waals surface area contributed by atoms with Gasteiger partial charge in [0.2, 0.25) is 0 Å². The smallest absolute Gasteiger partial charge is 0.269 e. The Hall–Kier alpha value is -2.38. The van der Waals surface area contributed by atoms with Gasteiger partial charge in [-0.3, -0.25) is 9.89 Å². The highest BCUT2D eigenvalue weighted by Crippen LogP contribution is 2.30. The number of nitrogens with one attached hydrogen (secondary N) is 3. The van der Waals surface area contributed by atoms with Gasteiger partial charge in [0.25, 0.3) is 5.91 Å². The molecule has 0 aliphatic carbocycles. The van der Waals surface area contributed by atoms with Crippen molar-refractivity contribution < 1.29 is 4.79 Å². The van der Waals surface area contributed by atoms with E-state index in [0.29, 0.717) is 23.8 Å². The predicted octanol–water partition coefficient (Wildman–Crippen LogP) is 3.03.